The SMILES string of the molecule is CC(C)n1nc(-c2sc(NC(=O)CNCc3ccncc3)nc2-c2ccccc2)ccc1=O. The molecule has 0 saturated heterocycles. The van der Waals surface area contributed by atoms with Crippen molar-refractivity contribution < 1.29 is 4.79 Å². The predicted molar refractivity (Wildman–Crippen MR) is 130 cm³/mol. The Morgan fingerprint density at radius 3 is 2.55 bits per heavy atom. The summed E-state index contributed by atoms with van der Waals surface area (Å²) in [6.07, 6.45) is 3.44. The summed E-state index contributed by atoms with van der Waals surface area (Å²) in [5.74, 6) is -0.191. The Labute approximate surface area is 195 Å². The zero-order valence-electron chi connectivity index (χ0n) is 18.4. The van der Waals surface area contributed by atoms with E-state index >= 15 is 0 Å². The zero-order chi connectivity index (χ0) is 23.2. The van der Waals surface area contributed by atoms with E-state index in [2.05, 4.69) is 25.7 Å². The van der Waals surface area contributed by atoms with Crippen molar-refractivity contribution in [2.75, 3.05) is 11.9 Å². The first kappa shape index (κ1) is 22.5. The van der Waals surface area contributed by atoms with E-state index in [1.54, 1.807) is 18.5 Å². The average molecular weight is 461 g/mol. The van der Waals surface area contributed by atoms with Gasteiger partial charge in [0.25, 0.3) is 5.56 Å². The molecular formula is C24H24N6O2S. The van der Waals surface area contributed by atoms with Crippen LogP contribution in [0.4, 0.5) is 5.13 Å². The highest BCUT2D eigenvalue weighted by Gasteiger charge is 2.18. The number of carbonyl (C=O) groups excluding carboxylic acids is 1. The zero-order valence-corrected chi connectivity index (χ0v) is 19.2. The van der Waals surface area contributed by atoms with Gasteiger partial charge in [0.1, 0.15) is 5.69 Å². The first-order chi connectivity index (χ1) is 16.0. The number of pyridine rings is 1. The van der Waals surface area contributed by atoms with Crippen molar-refractivity contribution in [2.24, 2.45) is 0 Å². The quantitative estimate of drug-likeness (QED) is 0.415. The molecule has 1 amide bonds. The van der Waals surface area contributed by atoms with Gasteiger partial charge in [-0.3, -0.25) is 14.6 Å². The van der Waals surface area contributed by atoms with Crippen LogP contribution in [0.15, 0.2) is 71.8 Å². The molecule has 0 saturated carbocycles. The fraction of sp³-hybridized carbons (Fsp3) is 0.208. The molecule has 0 unspecified atom stereocenters. The van der Waals surface area contributed by atoms with Crippen molar-refractivity contribution in [3.63, 3.8) is 0 Å². The number of benzene rings is 1. The second kappa shape index (κ2) is 10.3. The van der Waals surface area contributed by atoms with Gasteiger partial charge in [-0.1, -0.05) is 41.7 Å². The first-order valence-electron chi connectivity index (χ1n) is 10.6. The molecule has 0 fully saturated rings. The van der Waals surface area contributed by atoms with E-state index in [1.807, 2.05) is 56.3 Å². The van der Waals surface area contributed by atoms with Crippen LogP contribution in [0.2, 0.25) is 0 Å². The van der Waals surface area contributed by atoms with E-state index in [0.29, 0.717) is 23.1 Å². The maximum absolute atomic E-state index is 12.5. The second-order valence-electron chi connectivity index (χ2n) is 7.67. The fourth-order valence-corrected chi connectivity index (χ4v) is 4.21. The maximum atomic E-state index is 12.5. The van der Waals surface area contributed by atoms with Crippen LogP contribution >= 0.6 is 11.3 Å². The lowest BCUT2D eigenvalue weighted by Crippen LogP contribution is -2.27. The Morgan fingerprint density at radius 1 is 1.06 bits per heavy atom. The third kappa shape index (κ3) is 5.57. The molecule has 8 nitrogen and oxygen atoms in total. The molecule has 2 N–H and O–H groups in total. The van der Waals surface area contributed by atoms with Crippen molar-refractivity contribution in [2.45, 2.75) is 26.4 Å². The summed E-state index contributed by atoms with van der Waals surface area (Å²) in [6, 6.07) is 16.6. The molecule has 4 aromatic rings. The van der Waals surface area contributed by atoms with Crippen LogP contribution < -0.4 is 16.2 Å². The van der Waals surface area contributed by atoms with Crippen LogP contribution in [-0.4, -0.2) is 32.2 Å². The first-order valence-corrected chi connectivity index (χ1v) is 11.4. The van der Waals surface area contributed by atoms with Gasteiger partial charge in [0.15, 0.2) is 5.13 Å². The molecule has 4 rings (SSSR count). The van der Waals surface area contributed by atoms with Crippen LogP contribution in [0, 0.1) is 0 Å². The number of rotatable bonds is 8. The summed E-state index contributed by atoms with van der Waals surface area (Å²) in [5.41, 5.74) is 3.14. The molecule has 3 aromatic heterocycles. The standard InChI is InChI=1S/C24H24N6O2S/c1-16(2)30-21(32)9-8-19(29-30)23-22(18-6-4-3-5-7-18)28-24(33-23)27-20(31)15-26-14-17-10-12-25-13-11-17/h3-13,16,26H,14-15H2,1-2H3,(H,27,28,31). The Balaban J connectivity index is 1.57. The third-order valence-corrected chi connectivity index (χ3v) is 5.82. The molecule has 0 aliphatic rings. The highest BCUT2D eigenvalue weighted by atomic mass is 32.1. The Hall–Kier alpha value is -3.69. The van der Waals surface area contributed by atoms with Gasteiger partial charge >= 0.3 is 0 Å². The van der Waals surface area contributed by atoms with Crippen molar-refractivity contribution >= 4 is 22.4 Å². The van der Waals surface area contributed by atoms with E-state index < -0.39 is 0 Å². The molecule has 0 aliphatic carbocycles. The number of aromatic nitrogens is 4. The van der Waals surface area contributed by atoms with E-state index in [-0.39, 0.29) is 24.1 Å². The monoisotopic (exact) mass is 460 g/mol. The summed E-state index contributed by atoms with van der Waals surface area (Å²) < 4.78 is 1.45. The molecule has 0 radical (unpaired) electrons. The van der Waals surface area contributed by atoms with Crippen molar-refractivity contribution in [3.05, 3.63) is 82.9 Å². The molecule has 0 atom stereocenters. The van der Waals surface area contributed by atoms with E-state index in [9.17, 15) is 9.59 Å². The van der Waals surface area contributed by atoms with Gasteiger partial charge in [-0.25, -0.2) is 9.67 Å². The van der Waals surface area contributed by atoms with E-state index in [1.165, 1.54) is 22.1 Å². The summed E-state index contributed by atoms with van der Waals surface area (Å²) in [5, 5.41) is 11.0. The van der Waals surface area contributed by atoms with Crippen molar-refractivity contribution in [1.82, 2.24) is 25.1 Å². The average Bonchev–Trinajstić information content (AvgIpc) is 3.24. The molecule has 0 aliphatic heterocycles. The highest BCUT2D eigenvalue weighted by molar-refractivity contribution is 7.19. The minimum absolute atomic E-state index is 0.0730. The van der Waals surface area contributed by atoms with E-state index in [0.717, 1.165) is 16.0 Å². The molecule has 168 valence electrons. The van der Waals surface area contributed by atoms with Gasteiger partial charge in [0.2, 0.25) is 5.91 Å². The largest absolute Gasteiger partial charge is 0.304 e. The molecule has 0 spiro atoms. The topological polar surface area (TPSA) is 102 Å². The lowest BCUT2D eigenvalue weighted by Gasteiger charge is -2.09. The Kier molecular flexibility index (Phi) is 7.01. The molecule has 9 heteroatoms. The van der Waals surface area contributed by atoms with Crippen LogP contribution in [0.3, 0.4) is 0 Å². The molecule has 1 aromatic carbocycles. The smallest absolute Gasteiger partial charge is 0.267 e. The van der Waals surface area contributed by atoms with Gasteiger partial charge in [-0.2, -0.15) is 5.10 Å². The predicted octanol–water partition coefficient (Wildman–Crippen LogP) is 3.74. The van der Waals surface area contributed by atoms with Gasteiger partial charge in [0, 0.05) is 30.6 Å². The molecule has 0 bridgehead atoms. The van der Waals surface area contributed by atoms with Gasteiger partial charge < -0.3 is 10.6 Å². The summed E-state index contributed by atoms with van der Waals surface area (Å²) in [7, 11) is 0. The van der Waals surface area contributed by atoms with Crippen molar-refractivity contribution in [1.29, 1.82) is 0 Å². The summed E-state index contributed by atoms with van der Waals surface area (Å²) in [6.45, 7) is 4.53. The van der Waals surface area contributed by atoms with E-state index in [4.69, 9.17) is 0 Å². The van der Waals surface area contributed by atoms with Crippen LogP contribution in [0.1, 0.15) is 25.5 Å². The number of nitrogens with zero attached hydrogens (tertiary/aromatic N) is 4. The lowest BCUT2D eigenvalue weighted by molar-refractivity contribution is -0.115. The van der Waals surface area contributed by atoms with Gasteiger partial charge in [0.05, 0.1) is 23.2 Å². The summed E-state index contributed by atoms with van der Waals surface area (Å²) in [4.78, 5) is 34.1. The van der Waals surface area contributed by atoms with Gasteiger partial charge in [-0.05, 0) is 37.6 Å². The van der Waals surface area contributed by atoms with Crippen molar-refractivity contribution in [3.8, 4) is 21.8 Å². The number of hydrogen-bond donors (Lipinski definition) is 2. The maximum Gasteiger partial charge on any atom is 0.267 e. The Morgan fingerprint density at radius 2 is 1.82 bits per heavy atom. The minimum atomic E-state index is -0.191. The molecule has 33 heavy (non-hydrogen) atoms. The highest BCUT2D eigenvalue weighted by Crippen LogP contribution is 2.37. The number of thiazole rings is 1. The number of nitrogens with one attached hydrogen (secondary N) is 2. The van der Waals surface area contributed by atoms with Crippen LogP contribution in [-0.2, 0) is 11.3 Å². The summed E-state index contributed by atoms with van der Waals surface area (Å²) >= 11 is 1.33. The number of amides is 1. The number of anilines is 1. The number of hydrogen-bond acceptors (Lipinski definition) is 7. The normalized spacial score (nSPS) is 11.0. The Bertz CT molecular complexity index is 1290. The molecular weight excluding hydrogens is 436 g/mol. The fourth-order valence-electron chi connectivity index (χ4n) is 3.24. The van der Waals surface area contributed by atoms with Crippen LogP contribution in [0.5, 0.6) is 0 Å². The number of carbonyl (C=O) groups is 1. The second-order valence-corrected chi connectivity index (χ2v) is 8.66. The van der Waals surface area contributed by atoms with Gasteiger partial charge in [-0.15, -0.1) is 0 Å². The molecule has 3 heterocycles. The third-order valence-electron chi connectivity index (χ3n) is 4.83. The van der Waals surface area contributed by atoms with Crippen LogP contribution in [0.25, 0.3) is 21.8 Å². The minimum Gasteiger partial charge on any atom is -0.304 e. The lowest BCUT2D eigenvalue weighted by atomic mass is 10.1.